The molecule has 0 aliphatic carbocycles. The number of thiophene rings is 1. The molecule has 29 heavy (non-hydrogen) atoms. The number of carbonyl (C=O) groups is 1. The highest BCUT2D eigenvalue weighted by Gasteiger charge is 2.29. The highest BCUT2D eigenvalue weighted by atomic mass is 32.1. The fourth-order valence-electron chi connectivity index (χ4n) is 3.87. The lowest BCUT2D eigenvalue weighted by molar-refractivity contribution is 0.0616. The van der Waals surface area contributed by atoms with E-state index in [4.69, 9.17) is 4.74 Å². The van der Waals surface area contributed by atoms with Crippen LogP contribution in [0.3, 0.4) is 0 Å². The van der Waals surface area contributed by atoms with Crippen LogP contribution >= 0.6 is 11.3 Å². The van der Waals surface area contributed by atoms with Gasteiger partial charge in [0.15, 0.2) is 0 Å². The van der Waals surface area contributed by atoms with E-state index in [-0.39, 0.29) is 11.9 Å². The van der Waals surface area contributed by atoms with Crippen LogP contribution in [0.1, 0.15) is 57.2 Å². The van der Waals surface area contributed by atoms with E-state index in [0.717, 1.165) is 35.6 Å². The Labute approximate surface area is 176 Å². The number of hydrogen-bond donors (Lipinski definition) is 0. The number of ether oxygens (including phenoxy) is 1. The molecule has 0 radical (unpaired) electrons. The van der Waals surface area contributed by atoms with E-state index in [0.29, 0.717) is 6.61 Å². The Kier molecular flexibility index (Phi) is 6.00. The molecule has 1 unspecified atom stereocenters. The monoisotopic (exact) mass is 405 g/mol. The summed E-state index contributed by atoms with van der Waals surface area (Å²) in [5.74, 6) is 1.01. The molecule has 1 aromatic heterocycles. The van der Waals surface area contributed by atoms with E-state index in [1.165, 1.54) is 34.4 Å². The summed E-state index contributed by atoms with van der Waals surface area (Å²) in [5, 5.41) is 2.04. The van der Waals surface area contributed by atoms with Gasteiger partial charge in [-0.25, -0.2) is 0 Å². The van der Waals surface area contributed by atoms with Crippen molar-refractivity contribution in [3.8, 4) is 5.75 Å². The minimum atomic E-state index is 0.140. The van der Waals surface area contributed by atoms with Crippen LogP contribution in [0, 0.1) is 13.8 Å². The Hall–Kier alpha value is -2.59. The van der Waals surface area contributed by atoms with Gasteiger partial charge in [0.25, 0.3) is 5.91 Å². The maximum Gasteiger partial charge on any atom is 0.264 e. The molecule has 150 valence electrons. The Morgan fingerprint density at radius 1 is 1.07 bits per heavy atom. The molecule has 1 atom stereocenters. The molecule has 3 aromatic rings. The maximum absolute atomic E-state index is 13.2. The molecule has 2 heterocycles. The van der Waals surface area contributed by atoms with E-state index in [1.54, 1.807) is 0 Å². The Bertz CT molecular complexity index is 979. The number of amides is 1. The SMILES string of the molecule is Cc1ccc(OCc2csc(C(=O)N3CCCCC3c3ccccc3)c2)cc1C. The van der Waals surface area contributed by atoms with Crippen LogP contribution in [0.15, 0.2) is 60.0 Å². The van der Waals surface area contributed by atoms with Crippen LogP contribution in [0.25, 0.3) is 0 Å². The van der Waals surface area contributed by atoms with Crippen molar-refractivity contribution < 1.29 is 9.53 Å². The normalized spacial score (nSPS) is 16.6. The van der Waals surface area contributed by atoms with E-state index in [9.17, 15) is 4.79 Å². The van der Waals surface area contributed by atoms with Crippen LogP contribution in [0.2, 0.25) is 0 Å². The Balaban J connectivity index is 1.45. The highest BCUT2D eigenvalue weighted by Crippen LogP contribution is 2.33. The van der Waals surface area contributed by atoms with Crippen LogP contribution in [-0.4, -0.2) is 17.4 Å². The summed E-state index contributed by atoms with van der Waals surface area (Å²) in [5.41, 5.74) is 4.76. The molecular weight excluding hydrogens is 378 g/mol. The maximum atomic E-state index is 13.2. The summed E-state index contributed by atoms with van der Waals surface area (Å²) < 4.78 is 5.94. The third-order valence-electron chi connectivity index (χ3n) is 5.70. The Morgan fingerprint density at radius 2 is 1.90 bits per heavy atom. The van der Waals surface area contributed by atoms with Crippen molar-refractivity contribution in [1.82, 2.24) is 4.90 Å². The lowest BCUT2D eigenvalue weighted by atomic mass is 9.95. The molecule has 0 saturated carbocycles. The van der Waals surface area contributed by atoms with Crippen LogP contribution < -0.4 is 4.74 Å². The predicted octanol–water partition coefficient (Wildman–Crippen LogP) is 6.31. The molecule has 1 amide bonds. The molecule has 1 fully saturated rings. The number of rotatable bonds is 5. The molecule has 0 spiro atoms. The van der Waals surface area contributed by atoms with Crippen molar-refractivity contribution >= 4 is 17.2 Å². The summed E-state index contributed by atoms with van der Waals surface area (Å²) >= 11 is 1.52. The van der Waals surface area contributed by atoms with Gasteiger partial charge < -0.3 is 9.64 Å². The molecule has 1 saturated heterocycles. The second-order valence-corrected chi connectivity index (χ2v) is 8.69. The van der Waals surface area contributed by atoms with Crippen LogP contribution in [-0.2, 0) is 6.61 Å². The lowest BCUT2D eigenvalue weighted by Gasteiger charge is -2.36. The summed E-state index contributed by atoms with van der Waals surface area (Å²) in [7, 11) is 0. The first kappa shape index (κ1) is 19.7. The fraction of sp³-hybridized carbons (Fsp3) is 0.320. The van der Waals surface area contributed by atoms with Crippen LogP contribution in [0.5, 0.6) is 5.75 Å². The van der Waals surface area contributed by atoms with Gasteiger partial charge in [0, 0.05) is 12.1 Å². The molecule has 4 rings (SSSR count). The molecule has 0 bridgehead atoms. The Morgan fingerprint density at radius 3 is 2.69 bits per heavy atom. The second-order valence-electron chi connectivity index (χ2n) is 7.77. The van der Waals surface area contributed by atoms with Gasteiger partial charge in [-0.15, -0.1) is 11.3 Å². The first-order chi connectivity index (χ1) is 14.1. The fourth-order valence-corrected chi connectivity index (χ4v) is 4.72. The number of carbonyl (C=O) groups excluding carboxylic acids is 1. The smallest absolute Gasteiger partial charge is 0.264 e. The second kappa shape index (κ2) is 8.83. The van der Waals surface area contributed by atoms with Gasteiger partial charge in [0.2, 0.25) is 0 Å². The van der Waals surface area contributed by atoms with Gasteiger partial charge in [-0.2, -0.15) is 0 Å². The molecule has 4 heteroatoms. The van der Waals surface area contributed by atoms with Crippen molar-refractivity contribution in [2.75, 3.05) is 6.54 Å². The average molecular weight is 406 g/mol. The van der Waals surface area contributed by atoms with E-state index in [1.807, 2.05) is 23.6 Å². The minimum Gasteiger partial charge on any atom is -0.489 e. The predicted molar refractivity (Wildman–Crippen MR) is 119 cm³/mol. The summed E-state index contributed by atoms with van der Waals surface area (Å²) in [6.45, 7) is 5.49. The van der Waals surface area contributed by atoms with Crippen molar-refractivity contribution in [3.63, 3.8) is 0 Å². The van der Waals surface area contributed by atoms with Crippen molar-refractivity contribution in [1.29, 1.82) is 0 Å². The number of likely N-dealkylation sites (tertiary alicyclic amines) is 1. The molecule has 1 aliphatic rings. The highest BCUT2D eigenvalue weighted by molar-refractivity contribution is 7.12. The number of nitrogens with zero attached hydrogens (tertiary/aromatic N) is 1. The summed E-state index contributed by atoms with van der Waals surface area (Å²) in [4.78, 5) is 16.1. The quantitative estimate of drug-likeness (QED) is 0.498. The number of benzene rings is 2. The molecule has 3 nitrogen and oxygen atoms in total. The largest absolute Gasteiger partial charge is 0.489 e. The first-order valence-electron chi connectivity index (χ1n) is 10.3. The number of hydrogen-bond acceptors (Lipinski definition) is 3. The lowest BCUT2D eigenvalue weighted by Crippen LogP contribution is -2.38. The van der Waals surface area contributed by atoms with Crippen molar-refractivity contribution in [3.05, 3.63) is 87.1 Å². The van der Waals surface area contributed by atoms with Crippen LogP contribution in [0.4, 0.5) is 0 Å². The van der Waals surface area contributed by atoms with Gasteiger partial charge in [0.1, 0.15) is 12.4 Å². The van der Waals surface area contributed by atoms with E-state index >= 15 is 0 Å². The van der Waals surface area contributed by atoms with Gasteiger partial charge in [0.05, 0.1) is 10.9 Å². The van der Waals surface area contributed by atoms with E-state index in [2.05, 4.69) is 55.1 Å². The van der Waals surface area contributed by atoms with Gasteiger partial charge in [-0.3, -0.25) is 4.79 Å². The molecule has 1 aliphatic heterocycles. The van der Waals surface area contributed by atoms with Gasteiger partial charge in [-0.1, -0.05) is 36.4 Å². The number of piperidine rings is 1. The summed E-state index contributed by atoms with van der Waals surface area (Å²) in [6.07, 6.45) is 3.27. The minimum absolute atomic E-state index is 0.140. The topological polar surface area (TPSA) is 29.5 Å². The zero-order valence-electron chi connectivity index (χ0n) is 17.1. The van der Waals surface area contributed by atoms with Gasteiger partial charge >= 0.3 is 0 Å². The third kappa shape index (κ3) is 4.54. The summed E-state index contributed by atoms with van der Waals surface area (Å²) in [6, 6.07) is 18.7. The molecule has 0 N–H and O–H groups in total. The molecule has 2 aromatic carbocycles. The van der Waals surface area contributed by atoms with Crippen molar-refractivity contribution in [2.24, 2.45) is 0 Å². The average Bonchev–Trinajstić information content (AvgIpc) is 3.24. The van der Waals surface area contributed by atoms with Crippen molar-refractivity contribution in [2.45, 2.75) is 45.8 Å². The molecular formula is C25H27NO2S. The van der Waals surface area contributed by atoms with E-state index < -0.39 is 0 Å². The first-order valence-corrected chi connectivity index (χ1v) is 11.1. The standard InChI is InChI=1S/C25H27NO2S/c1-18-11-12-22(14-19(18)2)28-16-20-15-24(29-17-20)25(27)26-13-7-6-10-23(26)21-8-4-3-5-9-21/h3-5,8-9,11-12,14-15,17,23H,6-7,10,13,16H2,1-2H3. The number of aryl methyl sites for hydroxylation is 2. The third-order valence-corrected chi connectivity index (χ3v) is 6.66. The zero-order chi connectivity index (χ0) is 20.2. The zero-order valence-corrected chi connectivity index (χ0v) is 17.9. The van der Waals surface area contributed by atoms with Gasteiger partial charge in [-0.05, 0) is 73.4 Å².